The summed E-state index contributed by atoms with van der Waals surface area (Å²) in [4.78, 5) is 32.0. The van der Waals surface area contributed by atoms with Gasteiger partial charge in [0.25, 0.3) is 0 Å². The van der Waals surface area contributed by atoms with Crippen LogP contribution in [0.25, 0.3) is 11.2 Å². The molecule has 4 heterocycles. The van der Waals surface area contributed by atoms with Gasteiger partial charge >= 0.3 is 0 Å². The Hall–Kier alpha value is -2.66. The number of imidazole rings is 1. The molecule has 2 N–H and O–H groups in total. The molecule has 1 aliphatic rings. The Labute approximate surface area is 141 Å². The van der Waals surface area contributed by atoms with E-state index in [1.165, 1.54) is 17.7 Å². The van der Waals surface area contributed by atoms with Crippen LogP contribution in [0.15, 0.2) is 18.2 Å². The van der Waals surface area contributed by atoms with Gasteiger partial charge in [-0.05, 0) is 0 Å². The second-order valence-corrected chi connectivity index (χ2v) is 6.19. The number of aromatic nitrogens is 6. The molecule has 4 rings (SSSR count). The van der Waals surface area contributed by atoms with Gasteiger partial charge in [0, 0.05) is 26.2 Å². The Bertz CT molecular complexity index is 825. The minimum atomic E-state index is -0.0711. The number of amides is 1. The molecule has 124 valence electrons. The third kappa shape index (κ3) is 3.03. The zero-order chi connectivity index (χ0) is 16.4. The Kier molecular flexibility index (Phi) is 4.01. The van der Waals surface area contributed by atoms with E-state index in [0.29, 0.717) is 17.3 Å². The van der Waals surface area contributed by atoms with E-state index in [1.807, 2.05) is 0 Å². The number of carbonyl (C=O) groups excluding carboxylic acids is 1. The number of piperazine rings is 1. The van der Waals surface area contributed by atoms with E-state index in [1.54, 1.807) is 11.8 Å². The van der Waals surface area contributed by atoms with Gasteiger partial charge in [-0.25, -0.2) is 15.0 Å². The molecule has 0 bridgehead atoms. The average Bonchev–Trinajstić information content (AvgIpc) is 3.26. The second kappa shape index (κ2) is 6.45. The highest BCUT2D eigenvalue weighted by molar-refractivity contribution is 7.13. The number of anilines is 2. The largest absolute Gasteiger partial charge is 0.352 e. The number of hydrogen-bond acceptors (Lipinski definition) is 9. The lowest BCUT2D eigenvalue weighted by atomic mass is 10.3. The van der Waals surface area contributed by atoms with E-state index in [-0.39, 0.29) is 5.91 Å². The molecule has 1 aliphatic heterocycles. The fourth-order valence-electron chi connectivity index (χ4n) is 2.70. The summed E-state index contributed by atoms with van der Waals surface area (Å²) in [5.74, 6) is 0.786. The molecule has 3 aromatic rings. The molecule has 3 aromatic heterocycles. The van der Waals surface area contributed by atoms with Crippen LogP contribution in [0, 0.1) is 0 Å². The fourth-order valence-corrected chi connectivity index (χ4v) is 3.16. The Morgan fingerprint density at radius 2 is 2.12 bits per heavy atom. The van der Waals surface area contributed by atoms with Gasteiger partial charge in [0.2, 0.25) is 11.0 Å². The zero-order valence-electron chi connectivity index (χ0n) is 12.7. The summed E-state index contributed by atoms with van der Waals surface area (Å²) in [6.07, 6.45) is 3.15. The van der Waals surface area contributed by atoms with E-state index in [2.05, 4.69) is 45.2 Å². The number of hydrogen-bond donors (Lipinski definition) is 2. The van der Waals surface area contributed by atoms with Crippen molar-refractivity contribution < 1.29 is 4.79 Å². The van der Waals surface area contributed by atoms with Crippen molar-refractivity contribution in [2.24, 2.45) is 0 Å². The minimum Gasteiger partial charge on any atom is -0.352 e. The predicted octanol–water partition coefficient (Wildman–Crippen LogP) is -0.0349. The summed E-state index contributed by atoms with van der Waals surface area (Å²) >= 11 is 1.31. The number of nitrogens with one attached hydrogen (secondary N) is 2. The van der Waals surface area contributed by atoms with Gasteiger partial charge in [0.15, 0.2) is 11.5 Å². The molecule has 0 unspecified atom stereocenters. The molecule has 10 nitrogen and oxygen atoms in total. The maximum Gasteiger partial charge on any atom is 0.240 e. The van der Waals surface area contributed by atoms with Crippen molar-refractivity contribution in [1.29, 1.82) is 0 Å². The first-order chi connectivity index (χ1) is 11.8. The Morgan fingerprint density at radius 1 is 1.25 bits per heavy atom. The van der Waals surface area contributed by atoms with Crippen LogP contribution in [0.2, 0.25) is 0 Å². The maximum absolute atomic E-state index is 12.0. The number of nitrogens with zero attached hydrogens (tertiary/aromatic N) is 7. The van der Waals surface area contributed by atoms with Crippen molar-refractivity contribution in [3.8, 4) is 0 Å². The Balaban J connectivity index is 1.35. The first-order valence-corrected chi connectivity index (χ1v) is 8.35. The molecular weight excluding hydrogens is 330 g/mol. The number of aromatic amines is 1. The molecule has 24 heavy (non-hydrogen) atoms. The molecule has 0 aromatic carbocycles. The lowest BCUT2D eigenvalue weighted by molar-refractivity contribution is -0.117. The van der Waals surface area contributed by atoms with Gasteiger partial charge in [-0.2, -0.15) is 0 Å². The van der Waals surface area contributed by atoms with Gasteiger partial charge in [0.1, 0.15) is 17.4 Å². The van der Waals surface area contributed by atoms with Gasteiger partial charge in [-0.3, -0.25) is 15.0 Å². The van der Waals surface area contributed by atoms with E-state index in [4.69, 9.17) is 0 Å². The lowest BCUT2D eigenvalue weighted by Gasteiger charge is -2.34. The molecule has 0 saturated carbocycles. The summed E-state index contributed by atoms with van der Waals surface area (Å²) in [5, 5.41) is 10.8. The first-order valence-electron chi connectivity index (χ1n) is 7.47. The summed E-state index contributed by atoms with van der Waals surface area (Å²) in [6, 6.07) is 0. The molecule has 0 spiro atoms. The molecule has 1 amide bonds. The summed E-state index contributed by atoms with van der Waals surface area (Å²) in [6.45, 7) is 3.48. The highest BCUT2D eigenvalue weighted by atomic mass is 32.1. The van der Waals surface area contributed by atoms with Crippen LogP contribution >= 0.6 is 11.3 Å². The normalized spacial score (nSPS) is 15.8. The van der Waals surface area contributed by atoms with E-state index in [9.17, 15) is 4.79 Å². The smallest absolute Gasteiger partial charge is 0.240 e. The standard InChI is InChI=1S/C13H15N9OS/c23-9(19-13-20-18-8-24-13)5-21-1-3-22(4-2-21)12-10-11(15-6-14-10)16-7-17-12/h6-8H,1-5H2,(H,19,20,23)(H,14,15,16,17). The zero-order valence-corrected chi connectivity index (χ0v) is 13.5. The summed E-state index contributed by atoms with van der Waals surface area (Å²) < 4.78 is 0. The van der Waals surface area contributed by atoms with E-state index in [0.717, 1.165) is 37.5 Å². The predicted molar refractivity (Wildman–Crippen MR) is 88.9 cm³/mol. The average molecular weight is 345 g/mol. The van der Waals surface area contributed by atoms with E-state index >= 15 is 0 Å². The number of rotatable bonds is 4. The van der Waals surface area contributed by atoms with Crippen molar-refractivity contribution in [3.05, 3.63) is 18.2 Å². The summed E-state index contributed by atoms with van der Waals surface area (Å²) in [7, 11) is 0. The molecule has 11 heteroatoms. The maximum atomic E-state index is 12.0. The van der Waals surface area contributed by atoms with Crippen molar-refractivity contribution in [2.45, 2.75) is 0 Å². The third-order valence-corrected chi connectivity index (χ3v) is 4.46. The number of H-pyrrole nitrogens is 1. The van der Waals surface area contributed by atoms with Crippen LogP contribution in [0.1, 0.15) is 0 Å². The van der Waals surface area contributed by atoms with Gasteiger partial charge < -0.3 is 9.88 Å². The number of fused-ring (bicyclic) bond motifs is 1. The van der Waals surface area contributed by atoms with Crippen LogP contribution in [0.5, 0.6) is 0 Å². The highest BCUT2D eigenvalue weighted by Gasteiger charge is 2.22. The lowest BCUT2D eigenvalue weighted by Crippen LogP contribution is -2.49. The minimum absolute atomic E-state index is 0.0711. The molecule has 1 fully saturated rings. The van der Waals surface area contributed by atoms with Crippen LogP contribution < -0.4 is 10.2 Å². The fraction of sp³-hybridized carbons (Fsp3) is 0.385. The van der Waals surface area contributed by atoms with Crippen molar-refractivity contribution in [1.82, 2.24) is 35.0 Å². The molecule has 0 aliphatic carbocycles. The van der Waals surface area contributed by atoms with Gasteiger partial charge in [-0.15, -0.1) is 10.2 Å². The van der Waals surface area contributed by atoms with Crippen LogP contribution in [-0.4, -0.2) is 73.7 Å². The highest BCUT2D eigenvalue weighted by Crippen LogP contribution is 2.20. The van der Waals surface area contributed by atoms with E-state index < -0.39 is 0 Å². The molecule has 0 radical (unpaired) electrons. The molecule has 0 atom stereocenters. The quantitative estimate of drug-likeness (QED) is 0.677. The topological polar surface area (TPSA) is 116 Å². The molecule has 1 saturated heterocycles. The van der Waals surface area contributed by atoms with Gasteiger partial charge in [-0.1, -0.05) is 11.3 Å². The first kappa shape index (κ1) is 14.9. The van der Waals surface area contributed by atoms with Crippen LogP contribution in [0.3, 0.4) is 0 Å². The van der Waals surface area contributed by atoms with Crippen LogP contribution in [0.4, 0.5) is 10.9 Å². The Morgan fingerprint density at radius 3 is 2.92 bits per heavy atom. The van der Waals surface area contributed by atoms with Crippen LogP contribution in [-0.2, 0) is 4.79 Å². The van der Waals surface area contributed by atoms with Crippen molar-refractivity contribution in [3.63, 3.8) is 0 Å². The second-order valence-electron chi connectivity index (χ2n) is 5.35. The van der Waals surface area contributed by atoms with Gasteiger partial charge in [0.05, 0.1) is 12.9 Å². The van der Waals surface area contributed by atoms with Crippen molar-refractivity contribution in [2.75, 3.05) is 42.9 Å². The monoisotopic (exact) mass is 345 g/mol. The third-order valence-electron chi connectivity index (χ3n) is 3.85. The van der Waals surface area contributed by atoms with Crippen molar-refractivity contribution >= 4 is 39.4 Å². The SMILES string of the molecule is O=C(CN1CCN(c2ncnc3nc[nH]c23)CC1)Nc1nncs1. The summed E-state index contributed by atoms with van der Waals surface area (Å²) in [5.41, 5.74) is 3.10. The molecular formula is C13H15N9OS. The number of carbonyl (C=O) groups is 1.